The summed E-state index contributed by atoms with van der Waals surface area (Å²) in [6, 6.07) is 0. The van der Waals surface area contributed by atoms with Crippen molar-refractivity contribution in [1.82, 2.24) is 5.01 Å². The Bertz CT molecular complexity index is 88.4. The number of ether oxygens (including phenoxy) is 1. The van der Waals surface area contributed by atoms with E-state index in [4.69, 9.17) is 4.74 Å². The molecular weight excluding hydrogens is 104 g/mol. The fraction of sp³-hybridized carbons (Fsp3) is 0.800. The highest BCUT2D eigenvalue weighted by molar-refractivity contribution is 5.72. The van der Waals surface area contributed by atoms with Crippen molar-refractivity contribution in [2.24, 2.45) is 5.10 Å². The average molecular weight is 116 g/mol. The maximum Gasteiger partial charge on any atom is 0.202 e. The van der Waals surface area contributed by atoms with Crippen LogP contribution in [0.5, 0.6) is 0 Å². The largest absolute Gasteiger partial charge is 0.483 e. The predicted molar refractivity (Wildman–Crippen MR) is 33.8 cm³/mol. The smallest absolute Gasteiger partial charge is 0.202 e. The maximum atomic E-state index is 4.77. The Morgan fingerprint density at radius 2 is 2.00 bits per heavy atom. The molecule has 0 amide bonds. The minimum absolute atomic E-state index is 0.676. The molecule has 0 bridgehead atoms. The third-order valence-electron chi connectivity index (χ3n) is 0.636. The number of hydrazone groups is 1. The molecular formula is C5H12N2O. The monoisotopic (exact) mass is 116 g/mol. The molecule has 0 unspecified atom stereocenters. The second-order valence-corrected chi connectivity index (χ2v) is 1.67. The zero-order chi connectivity index (χ0) is 6.57. The SMILES string of the molecule is CO/C(C)=N\N(C)C. The molecule has 0 aliphatic heterocycles. The molecule has 0 N–H and O–H groups in total. The Hall–Kier alpha value is -0.730. The van der Waals surface area contributed by atoms with Gasteiger partial charge >= 0.3 is 0 Å². The summed E-state index contributed by atoms with van der Waals surface area (Å²) in [6.07, 6.45) is 0. The molecule has 0 heterocycles. The van der Waals surface area contributed by atoms with E-state index in [1.807, 2.05) is 14.1 Å². The molecule has 0 atom stereocenters. The Morgan fingerprint density at radius 1 is 1.50 bits per heavy atom. The standard InChI is InChI=1S/C5H12N2O/c1-5(8-4)6-7(2)3/h1-4H3/b6-5-. The summed E-state index contributed by atoms with van der Waals surface area (Å²) in [5.41, 5.74) is 0. The van der Waals surface area contributed by atoms with Crippen LogP contribution in [0.4, 0.5) is 0 Å². The van der Waals surface area contributed by atoms with Crippen molar-refractivity contribution in [3.05, 3.63) is 0 Å². The second kappa shape index (κ2) is 3.29. The molecule has 0 aliphatic carbocycles. The topological polar surface area (TPSA) is 24.8 Å². The summed E-state index contributed by atoms with van der Waals surface area (Å²) in [5, 5.41) is 5.62. The van der Waals surface area contributed by atoms with E-state index in [-0.39, 0.29) is 0 Å². The molecule has 48 valence electrons. The molecule has 0 saturated carbocycles. The van der Waals surface area contributed by atoms with Crippen LogP contribution in [0.2, 0.25) is 0 Å². The van der Waals surface area contributed by atoms with E-state index in [9.17, 15) is 0 Å². The van der Waals surface area contributed by atoms with Crippen molar-refractivity contribution in [3.63, 3.8) is 0 Å². The highest BCUT2D eigenvalue weighted by Crippen LogP contribution is 1.79. The van der Waals surface area contributed by atoms with Gasteiger partial charge in [0.25, 0.3) is 0 Å². The Labute approximate surface area is 49.9 Å². The van der Waals surface area contributed by atoms with Gasteiger partial charge in [0.2, 0.25) is 5.90 Å². The van der Waals surface area contributed by atoms with E-state index in [0.29, 0.717) is 5.90 Å². The van der Waals surface area contributed by atoms with Gasteiger partial charge in [0.05, 0.1) is 7.11 Å². The lowest BCUT2D eigenvalue weighted by atomic mass is 10.8. The number of rotatable bonds is 1. The Balaban J connectivity index is 3.56. The fourth-order valence-corrected chi connectivity index (χ4v) is 0.322. The minimum Gasteiger partial charge on any atom is -0.483 e. The van der Waals surface area contributed by atoms with Gasteiger partial charge in [-0.2, -0.15) is 0 Å². The quantitative estimate of drug-likeness (QED) is 0.283. The van der Waals surface area contributed by atoms with Gasteiger partial charge in [-0.25, -0.2) is 0 Å². The highest BCUT2D eigenvalue weighted by atomic mass is 16.5. The molecule has 0 fully saturated rings. The summed E-state index contributed by atoms with van der Waals surface area (Å²) in [6.45, 7) is 1.81. The lowest BCUT2D eigenvalue weighted by Gasteiger charge is -2.04. The first-order chi connectivity index (χ1) is 3.66. The van der Waals surface area contributed by atoms with Crippen molar-refractivity contribution >= 4 is 5.90 Å². The highest BCUT2D eigenvalue weighted by Gasteiger charge is 1.83. The molecule has 3 heteroatoms. The summed E-state index contributed by atoms with van der Waals surface area (Å²) in [4.78, 5) is 0. The van der Waals surface area contributed by atoms with Gasteiger partial charge in [-0.1, -0.05) is 0 Å². The minimum atomic E-state index is 0.676. The van der Waals surface area contributed by atoms with E-state index in [2.05, 4.69) is 5.10 Å². The third kappa shape index (κ3) is 3.46. The molecule has 0 aliphatic rings. The molecule has 3 nitrogen and oxygen atoms in total. The molecule has 0 aromatic carbocycles. The summed E-state index contributed by atoms with van der Waals surface area (Å²) in [7, 11) is 5.30. The van der Waals surface area contributed by atoms with Crippen molar-refractivity contribution in [1.29, 1.82) is 0 Å². The van der Waals surface area contributed by atoms with Crippen molar-refractivity contribution in [3.8, 4) is 0 Å². The molecule has 0 saturated heterocycles. The van der Waals surface area contributed by atoms with Crippen LogP contribution in [-0.4, -0.2) is 32.1 Å². The maximum absolute atomic E-state index is 4.77. The first kappa shape index (κ1) is 7.27. The lowest BCUT2D eigenvalue weighted by Crippen LogP contribution is -2.07. The van der Waals surface area contributed by atoms with Gasteiger partial charge in [-0.3, -0.25) is 5.01 Å². The van der Waals surface area contributed by atoms with E-state index in [0.717, 1.165) is 0 Å². The summed E-state index contributed by atoms with van der Waals surface area (Å²) in [5.74, 6) is 0.676. The van der Waals surface area contributed by atoms with Crippen LogP contribution in [0.15, 0.2) is 5.10 Å². The van der Waals surface area contributed by atoms with Gasteiger partial charge < -0.3 is 4.74 Å². The first-order valence-corrected chi connectivity index (χ1v) is 2.43. The van der Waals surface area contributed by atoms with E-state index in [1.54, 1.807) is 19.0 Å². The number of methoxy groups -OCH3 is 1. The zero-order valence-corrected chi connectivity index (χ0v) is 5.80. The van der Waals surface area contributed by atoms with Crippen LogP contribution in [0.3, 0.4) is 0 Å². The summed E-state index contributed by atoms with van der Waals surface area (Å²) >= 11 is 0. The van der Waals surface area contributed by atoms with E-state index >= 15 is 0 Å². The van der Waals surface area contributed by atoms with E-state index < -0.39 is 0 Å². The molecule has 0 radical (unpaired) electrons. The van der Waals surface area contributed by atoms with Crippen LogP contribution in [-0.2, 0) is 4.74 Å². The predicted octanol–water partition coefficient (Wildman–Crippen LogP) is 0.528. The number of hydrogen-bond acceptors (Lipinski definition) is 3. The molecule has 0 spiro atoms. The van der Waals surface area contributed by atoms with Gasteiger partial charge in [0, 0.05) is 21.0 Å². The lowest BCUT2D eigenvalue weighted by molar-refractivity contribution is 0.358. The van der Waals surface area contributed by atoms with Crippen LogP contribution in [0, 0.1) is 0 Å². The van der Waals surface area contributed by atoms with Crippen LogP contribution >= 0.6 is 0 Å². The Morgan fingerprint density at radius 3 is 2.12 bits per heavy atom. The molecule has 0 aromatic heterocycles. The summed E-state index contributed by atoms with van der Waals surface area (Å²) < 4.78 is 4.77. The van der Waals surface area contributed by atoms with Crippen LogP contribution in [0.1, 0.15) is 6.92 Å². The molecule has 0 aromatic rings. The van der Waals surface area contributed by atoms with Crippen molar-refractivity contribution in [2.75, 3.05) is 21.2 Å². The molecule has 8 heavy (non-hydrogen) atoms. The van der Waals surface area contributed by atoms with E-state index in [1.165, 1.54) is 0 Å². The van der Waals surface area contributed by atoms with Gasteiger partial charge in [0.15, 0.2) is 0 Å². The van der Waals surface area contributed by atoms with Gasteiger partial charge in [-0.15, -0.1) is 5.10 Å². The average Bonchev–Trinajstić information content (AvgIpc) is 1.65. The fourth-order valence-electron chi connectivity index (χ4n) is 0.322. The van der Waals surface area contributed by atoms with Crippen LogP contribution in [0.25, 0.3) is 0 Å². The second-order valence-electron chi connectivity index (χ2n) is 1.67. The van der Waals surface area contributed by atoms with Gasteiger partial charge in [-0.05, 0) is 0 Å². The normalized spacial score (nSPS) is 11.2. The van der Waals surface area contributed by atoms with Crippen LogP contribution < -0.4 is 0 Å². The Kier molecular flexibility index (Phi) is 2.99. The first-order valence-electron chi connectivity index (χ1n) is 2.43. The third-order valence-corrected chi connectivity index (χ3v) is 0.636. The number of hydrogen-bond donors (Lipinski definition) is 0. The van der Waals surface area contributed by atoms with Gasteiger partial charge in [0.1, 0.15) is 0 Å². The van der Waals surface area contributed by atoms with Crippen molar-refractivity contribution < 1.29 is 4.74 Å². The van der Waals surface area contributed by atoms with Crippen molar-refractivity contribution in [2.45, 2.75) is 6.92 Å². The zero-order valence-electron chi connectivity index (χ0n) is 5.80. The molecule has 0 rings (SSSR count). The number of nitrogens with zero attached hydrogens (tertiary/aromatic N) is 2.